The van der Waals surface area contributed by atoms with E-state index in [-0.39, 0.29) is 5.54 Å². The minimum atomic E-state index is -2.74. The third-order valence-corrected chi connectivity index (χ3v) is 5.84. The summed E-state index contributed by atoms with van der Waals surface area (Å²) < 4.78 is 0. The zero-order chi connectivity index (χ0) is 31.3. The minimum absolute atomic E-state index is 0.128. The topological polar surface area (TPSA) is 316 Å². The summed E-state index contributed by atoms with van der Waals surface area (Å²) in [5.74, 6) is -10.0. The van der Waals surface area contributed by atoms with Crippen LogP contribution in [0, 0.1) is 0 Å². The highest BCUT2D eigenvalue weighted by Crippen LogP contribution is 2.34. The van der Waals surface area contributed by atoms with Crippen LogP contribution in [0.25, 0.3) is 0 Å². The Morgan fingerprint density at radius 3 is 1.23 bits per heavy atom. The van der Waals surface area contributed by atoms with E-state index in [1.165, 1.54) is 5.56 Å². The lowest BCUT2D eigenvalue weighted by Gasteiger charge is -2.36. The molecule has 16 heteroatoms. The summed E-state index contributed by atoms with van der Waals surface area (Å²) in [5.41, 5.74) is 7.92. The lowest BCUT2D eigenvalue weighted by molar-refractivity contribution is -0.170. The molecule has 1 saturated carbocycles. The van der Waals surface area contributed by atoms with Gasteiger partial charge in [0, 0.05) is 11.6 Å². The summed E-state index contributed by atoms with van der Waals surface area (Å²) in [6, 6.07) is 10.7. The molecule has 0 bridgehead atoms. The largest absolute Gasteiger partial charge is 0.481 e. The Morgan fingerprint density at radius 1 is 0.675 bits per heavy atom. The maximum atomic E-state index is 10.3. The van der Waals surface area contributed by atoms with Crippen LogP contribution in [0.2, 0.25) is 0 Å². The van der Waals surface area contributed by atoms with Crippen LogP contribution in [-0.4, -0.2) is 93.9 Å². The molecule has 0 heterocycles. The average Bonchev–Trinajstić information content (AvgIpc) is 2.80. The Kier molecular flexibility index (Phi) is 13.9. The molecule has 0 unspecified atom stereocenters. The van der Waals surface area contributed by atoms with Crippen LogP contribution in [0.1, 0.15) is 56.9 Å². The van der Waals surface area contributed by atoms with Gasteiger partial charge in [0.1, 0.15) is 0 Å². The van der Waals surface area contributed by atoms with E-state index in [4.69, 9.17) is 52.3 Å². The molecule has 0 spiro atoms. The highest BCUT2D eigenvalue weighted by Gasteiger charge is 2.41. The molecule has 1 aromatic rings. The van der Waals surface area contributed by atoms with Crippen LogP contribution in [0.5, 0.6) is 0 Å². The van der Waals surface area contributed by atoms with Gasteiger partial charge in [0.25, 0.3) is 0 Å². The van der Waals surface area contributed by atoms with Crippen molar-refractivity contribution in [3.8, 4) is 0 Å². The molecule has 0 radical (unpaired) electrons. The van der Waals surface area contributed by atoms with E-state index < -0.39 is 72.7 Å². The lowest BCUT2D eigenvalue weighted by Crippen LogP contribution is -2.43. The Bertz CT molecular complexity index is 967. The van der Waals surface area contributed by atoms with Crippen molar-refractivity contribution in [2.45, 2.75) is 74.1 Å². The molecule has 40 heavy (non-hydrogen) atoms. The molecule has 0 amide bonds. The molecule has 12 N–H and O–H groups in total. The number of hydrogen-bond donors (Lipinski definition) is 10. The minimum Gasteiger partial charge on any atom is -0.481 e. The molecule has 0 atom stereocenters. The lowest BCUT2D eigenvalue weighted by atomic mass is 9.76. The van der Waals surface area contributed by atoms with Crippen molar-refractivity contribution in [3.05, 3.63) is 35.9 Å². The van der Waals surface area contributed by atoms with E-state index >= 15 is 0 Å². The van der Waals surface area contributed by atoms with Crippen molar-refractivity contribution in [1.29, 1.82) is 0 Å². The highest BCUT2D eigenvalue weighted by atomic mass is 16.4. The van der Waals surface area contributed by atoms with Crippen LogP contribution in [-0.2, 0) is 34.3 Å². The van der Waals surface area contributed by atoms with E-state index in [0.29, 0.717) is 6.04 Å². The highest BCUT2D eigenvalue weighted by molar-refractivity contribution is 5.88. The predicted octanol–water partition coefficient (Wildman–Crippen LogP) is -0.755. The van der Waals surface area contributed by atoms with Gasteiger partial charge in [-0.2, -0.15) is 0 Å². The number of carbonyl (C=O) groups is 6. The molecular weight excluding hydrogens is 540 g/mol. The fourth-order valence-electron chi connectivity index (χ4n) is 3.64. The van der Waals surface area contributed by atoms with Gasteiger partial charge in [-0.25, -0.2) is 9.59 Å². The van der Waals surface area contributed by atoms with Gasteiger partial charge >= 0.3 is 35.8 Å². The van der Waals surface area contributed by atoms with Crippen LogP contribution in [0.3, 0.4) is 0 Å². The number of hydrogen-bond acceptors (Lipinski definition) is 10. The zero-order valence-electron chi connectivity index (χ0n) is 21.3. The van der Waals surface area contributed by atoms with Gasteiger partial charge in [-0.15, -0.1) is 0 Å². The molecular formula is C24H34N2O14. The Labute approximate surface area is 227 Å². The molecule has 2 rings (SSSR count). The summed E-state index contributed by atoms with van der Waals surface area (Å²) in [6.45, 7) is 0. The van der Waals surface area contributed by atoms with Gasteiger partial charge in [-0.05, 0) is 31.2 Å². The number of carboxylic acids is 6. The van der Waals surface area contributed by atoms with Gasteiger partial charge in [-0.1, -0.05) is 30.3 Å². The first kappa shape index (κ1) is 35.9. The van der Waals surface area contributed by atoms with Crippen molar-refractivity contribution in [3.63, 3.8) is 0 Å². The SMILES string of the molecule is NC1CCC(N)(c2ccccc2)CC1.O=C(O)CC(O)(CC(=O)O)C(=O)O.O=C(O)CC(O)(CC(=O)O)C(=O)O. The number of carboxylic acid groups (broad SMARTS) is 6. The van der Waals surface area contributed by atoms with Crippen molar-refractivity contribution < 1.29 is 69.6 Å². The van der Waals surface area contributed by atoms with Crippen molar-refractivity contribution >= 4 is 35.8 Å². The molecule has 224 valence electrons. The van der Waals surface area contributed by atoms with Crippen LogP contribution < -0.4 is 11.5 Å². The van der Waals surface area contributed by atoms with Gasteiger partial charge < -0.3 is 52.3 Å². The van der Waals surface area contributed by atoms with E-state index in [1.807, 2.05) is 6.07 Å². The zero-order valence-corrected chi connectivity index (χ0v) is 21.3. The third-order valence-electron chi connectivity index (χ3n) is 5.84. The molecule has 1 fully saturated rings. The number of aliphatic hydroxyl groups is 2. The maximum Gasteiger partial charge on any atom is 0.336 e. The summed E-state index contributed by atoms with van der Waals surface area (Å²) in [6.07, 6.45) is -0.459. The quantitative estimate of drug-likeness (QED) is 0.155. The van der Waals surface area contributed by atoms with Crippen LogP contribution in [0.4, 0.5) is 0 Å². The second kappa shape index (κ2) is 15.5. The second-order valence-electron chi connectivity index (χ2n) is 9.32. The van der Waals surface area contributed by atoms with E-state index in [2.05, 4.69) is 24.3 Å². The van der Waals surface area contributed by atoms with Gasteiger partial charge in [-0.3, -0.25) is 19.2 Å². The number of aliphatic carboxylic acids is 6. The van der Waals surface area contributed by atoms with Crippen LogP contribution in [0.15, 0.2) is 30.3 Å². The van der Waals surface area contributed by atoms with Crippen molar-refractivity contribution in [2.75, 3.05) is 0 Å². The van der Waals surface area contributed by atoms with E-state index in [9.17, 15) is 28.8 Å². The average molecular weight is 575 g/mol. The molecule has 1 aliphatic carbocycles. The molecule has 0 saturated heterocycles. The Hall–Kier alpha value is -4.12. The smallest absolute Gasteiger partial charge is 0.336 e. The Morgan fingerprint density at radius 2 is 0.975 bits per heavy atom. The second-order valence-corrected chi connectivity index (χ2v) is 9.32. The van der Waals surface area contributed by atoms with Crippen molar-refractivity contribution in [1.82, 2.24) is 0 Å². The summed E-state index contributed by atoms with van der Waals surface area (Å²) >= 11 is 0. The fourth-order valence-corrected chi connectivity index (χ4v) is 3.64. The van der Waals surface area contributed by atoms with Gasteiger partial charge in [0.05, 0.1) is 25.7 Å². The third kappa shape index (κ3) is 12.6. The normalized spacial score (nSPS) is 18.6. The molecule has 0 aliphatic heterocycles. The summed E-state index contributed by atoms with van der Waals surface area (Å²) in [5, 5.41) is 67.6. The first-order valence-electron chi connectivity index (χ1n) is 11.6. The molecule has 0 aromatic heterocycles. The first-order valence-corrected chi connectivity index (χ1v) is 11.6. The molecule has 1 aromatic carbocycles. The maximum absolute atomic E-state index is 10.3. The monoisotopic (exact) mass is 574 g/mol. The number of benzene rings is 1. The van der Waals surface area contributed by atoms with Crippen LogP contribution >= 0.6 is 0 Å². The number of rotatable bonds is 11. The van der Waals surface area contributed by atoms with E-state index in [1.54, 1.807) is 0 Å². The standard InChI is InChI=1S/C12H18N2.2C6H8O7/c13-11-6-8-12(14,9-7-11)10-4-2-1-3-5-10;2*7-3(8)1-6(13,5(11)12)2-4(9)10/h1-5,11H,6-9,13-14H2;2*13H,1-2H2,(H,7,8)(H,9,10)(H,11,12). The van der Waals surface area contributed by atoms with Crippen molar-refractivity contribution in [2.24, 2.45) is 11.5 Å². The fraction of sp³-hybridized carbons (Fsp3) is 0.500. The van der Waals surface area contributed by atoms with E-state index in [0.717, 1.165) is 25.7 Å². The summed E-state index contributed by atoms with van der Waals surface area (Å²) in [7, 11) is 0. The molecule has 1 aliphatic rings. The predicted molar refractivity (Wildman–Crippen MR) is 133 cm³/mol. The van der Waals surface area contributed by atoms with Gasteiger partial charge in [0.15, 0.2) is 11.2 Å². The molecule has 16 nitrogen and oxygen atoms in total. The number of nitrogens with two attached hydrogens (primary N) is 2. The Balaban J connectivity index is 0.000000572. The summed E-state index contributed by atoms with van der Waals surface area (Å²) in [4.78, 5) is 61.0. The van der Waals surface area contributed by atoms with Gasteiger partial charge in [0.2, 0.25) is 0 Å². The first-order chi connectivity index (χ1) is 18.3.